The van der Waals surface area contributed by atoms with Gasteiger partial charge in [-0.2, -0.15) is 9.78 Å². The minimum atomic E-state index is -0.285. The summed E-state index contributed by atoms with van der Waals surface area (Å²) in [5, 5.41) is 9.43. The van der Waals surface area contributed by atoms with E-state index >= 15 is 0 Å². The summed E-state index contributed by atoms with van der Waals surface area (Å²) in [6.45, 7) is 5.63. The number of rotatable bonds is 4. The number of nitrogens with one attached hydrogen (secondary N) is 2. The van der Waals surface area contributed by atoms with Gasteiger partial charge in [-0.15, -0.1) is 11.3 Å². The maximum atomic E-state index is 12.9. The molecule has 0 atom stereocenters. The predicted molar refractivity (Wildman–Crippen MR) is 114 cm³/mol. The van der Waals surface area contributed by atoms with Gasteiger partial charge in [-0.05, 0) is 44.4 Å². The number of carbonyl (C=O) groups is 1. The van der Waals surface area contributed by atoms with Crippen molar-refractivity contribution in [1.29, 1.82) is 0 Å². The highest BCUT2D eigenvalue weighted by Gasteiger charge is 2.17. The molecule has 0 aliphatic heterocycles. The summed E-state index contributed by atoms with van der Waals surface area (Å²) in [6.07, 6.45) is 0. The number of aromatic nitrogens is 4. The lowest BCUT2D eigenvalue weighted by Crippen LogP contribution is -2.19. The summed E-state index contributed by atoms with van der Waals surface area (Å²) in [5.74, 6) is 0.408. The Balaban J connectivity index is 1.78. The molecule has 0 aliphatic carbocycles. The lowest BCUT2D eigenvalue weighted by molar-refractivity contribution is 0.102. The fourth-order valence-electron chi connectivity index (χ4n) is 3.13. The molecule has 0 saturated heterocycles. The van der Waals surface area contributed by atoms with Crippen LogP contribution >= 0.6 is 11.3 Å². The molecule has 4 rings (SSSR count). The van der Waals surface area contributed by atoms with Gasteiger partial charge in [0, 0.05) is 23.4 Å². The van der Waals surface area contributed by atoms with E-state index in [1.54, 1.807) is 13.0 Å². The van der Waals surface area contributed by atoms with E-state index in [0.29, 0.717) is 22.8 Å². The number of carbonyl (C=O) groups excluding carboxylic acids is 1. The van der Waals surface area contributed by atoms with Crippen LogP contribution < -0.4 is 10.9 Å². The Bertz CT molecular complexity index is 1230. The van der Waals surface area contributed by atoms with E-state index in [-0.39, 0.29) is 17.4 Å². The Morgan fingerprint density at radius 1 is 1.10 bits per heavy atom. The number of anilines is 1. The van der Waals surface area contributed by atoms with Crippen LogP contribution in [0, 0.1) is 20.8 Å². The van der Waals surface area contributed by atoms with E-state index in [2.05, 4.69) is 20.4 Å². The van der Waals surface area contributed by atoms with Crippen molar-refractivity contribution in [2.45, 2.75) is 20.8 Å². The molecule has 0 aliphatic rings. The SMILES string of the molecule is Cc1cc(C)cc(C(=O)Nc2cc(-c3cccs3)nn2-c2nc(C)cc(=O)[nH]2)c1. The van der Waals surface area contributed by atoms with Crippen LogP contribution in [-0.4, -0.2) is 25.7 Å². The van der Waals surface area contributed by atoms with Crippen molar-refractivity contribution < 1.29 is 4.79 Å². The molecule has 0 saturated carbocycles. The molecule has 0 radical (unpaired) electrons. The highest BCUT2D eigenvalue weighted by Crippen LogP contribution is 2.27. The molecule has 3 aromatic heterocycles. The molecule has 146 valence electrons. The fourth-order valence-corrected chi connectivity index (χ4v) is 3.82. The molecule has 1 amide bonds. The Morgan fingerprint density at radius 2 is 1.86 bits per heavy atom. The molecule has 0 unspecified atom stereocenters. The van der Waals surface area contributed by atoms with Crippen molar-refractivity contribution in [1.82, 2.24) is 19.7 Å². The second-order valence-electron chi connectivity index (χ2n) is 6.84. The zero-order valence-electron chi connectivity index (χ0n) is 16.2. The number of amides is 1. The summed E-state index contributed by atoms with van der Waals surface area (Å²) in [4.78, 5) is 32.8. The zero-order valence-corrected chi connectivity index (χ0v) is 17.0. The van der Waals surface area contributed by atoms with Gasteiger partial charge >= 0.3 is 0 Å². The summed E-state index contributed by atoms with van der Waals surface area (Å²) in [6, 6.07) is 12.7. The van der Waals surface area contributed by atoms with Crippen LogP contribution in [0.25, 0.3) is 16.5 Å². The molecule has 8 heteroatoms. The highest BCUT2D eigenvalue weighted by molar-refractivity contribution is 7.13. The van der Waals surface area contributed by atoms with E-state index in [4.69, 9.17) is 0 Å². The normalized spacial score (nSPS) is 10.9. The summed E-state index contributed by atoms with van der Waals surface area (Å²) < 4.78 is 1.45. The van der Waals surface area contributed by atoms with Gasteiger partial charge in [-0.1, -0.05) is 23.3 Å². The van der Waals surface area contributed by atoms with Crippen LogP contribution in [0.5, 0.6) is 0 Å². The molecule has 0 fully saturated rings. The van der Waals surface area contributed by atoms with Crippen molar-refractivity contribution in [3.8, 4) is 16.5 Å². The van der Waals surface area contributed by atoms with Crippen LogP contribution in [-0.2, 0) is 0 Å². The van der Waals surface area contributed by atoms with Gasteiger partial charge in [0.15, 0.2) is 0 Å². The minimum absolute atomic E-state index is 0.244. The number of aromatic amines is 1. The molecule has 7 nitrogen and oxygen atoms in total. The molecule has 3 heterocycles. The Morgan fingerprint density at radius 3 is 2.52 bits per heavy atom. The molecule has 0 bridgehead atoms. The number of H-pyrrole nitrogens is 1. The van der Waals surface area contributed by atoms with E-state index in [0.717, 1.165) is 16.0 Å². The Kier molecular flexibility index (Phi) is 4.85. The quantitative estimate of drug-likeness (QED) is 0.539. The number of thiophene rings is 1. The lowest BCUT2D eigenvalue weighted by Gasteiger charge is -2.09. The van der Waals surface area contributed by atoms with Crippen LogP contribution in [0.1, 0.15) is 27.2 Å². The molecule has 0 spiro atoms. The van der Waals surface area contributed by atoms with Crippen LogP contribution in [0.2, 0.25) is 0 Å². The second kappa shape index (κ2) is 7.48. The van der Waals surface area contributed by atoms with Gasteiger partial charge in [0.25, 0.3) is 11.5 Å². The first-order valence-corrected chi connectivity index (χ1v) is 9.89. The van der Waals surface area contributed by atoms with Crippen molar-refractivity contribution >= 4 is 23.1 Å². The van der Waals surface area contributed by atoms with E-state index < -0.39 is 0 Å². The summed E-state index contributed by atoms with van der Waals surface area (Å²) >= 11 is 1.54. The number of hydrogen-bond acceptors (Lipinski definition) is 5. The maximum absolute atomic E-state index is 12.9. The van der Waals surface area contributed by atoms with Crippen molar-refractivity contribution in [2.75, 3.05) is 5.32 Å². The molecular formula is C21H19N5O2S. The average molecular weight is 405 g/mol. The monoisotopic (exact) mass is 405 g/mol. The average Bonchev–Trinajstić information content (AvgIpc) is 3.29. The third-order valence-electron chi connectivity index (χ3n) is 4.27. The molecular weight excluding hydrogens is 386 g/mol. The largest absolute Gasteiger partial charge is 0.306 e. The number of nitrogens with zero attached hydrogens (tertiary/aromatic N) is 3. The molecule has 29 heavy (non-hydrogen) atoms. The number of aryl methyl sites for hydroxylation is 3. The number of benzene rings is 1. The molecule has 2 N–H and O–H groups in total. The van der Waals surface area contributed by atoms with Gasteiger partial charge in [-0.3, -0.25) is 14.6 Å². The lowest BCUT2D eigenvalue weighted by atomic mass is 10.1. The Labute approximate surface area is 171 Å². The first-order valence-electron chi connectivity index (χ1n) is 9.01. The Hall–Kier alpha value is -3.52. The van der Waals surface area contributed by atoms with Crippen LogP contribution in [0.15, 0.2) is 52.6 Å². The second-order valence-corrected chi connectivity index (χ2v) is 7.79. The van der Waals surface area contributed by atoms with E-state index in [9.17, 15) is 9.59 Å². The van der Waals surface area contributed by atoms with E-state index in [1.807, 2.05) is 49.6 Å². The highest BCUT2D eigenvalue weighted by atomic mass is 32.1. The zero-order chi connectivity index (χ0) is 20.5. The van der Waals surface area contributed by atoms with Crippen molar-refractivity contribution in [3.63, 3.8) is 0 Å². The van der Waals surface area contributed by atoms with Gasteiger partial charge in [0.1, 0.15) is 11.5 Å². The predicted octanol–water partition coefficient (Wildman–Crippen LogP) is 3.86. The van der Waals surface area contributed by atoms with Crippen LogP contribution in [0.4, 0.5) is 5.82 Å². The van der Waals surface area contributed by atoms with Gasteiger partial charge in [-0.25, -0.2) is 4.98 Å². The van der Waals surface area contributed by atoms with Gasteiger partial charge in [0.2, 0.25) is 5.95 Å². The standard InChI is InChI=1S/C21H19N5O2S/c1-12-7-13(2)9-15(8-12)20(28)23-18-11-16(17-5-4-6-29-17)25-26(18)21-22-14(3)10-19(27)24-21/h4-11H,1-3H3,(H,23,28)(H,22,24,27). The third-order valence-corrected chi connectivity index (χ3v) is 5.16. The molecule has 4 aromatic rings. The molecule has 1 aromatic carbocycles. The first kappa shape index (κ1) is 18.8. The van der Waals surface area contributed by atoms with Crippen LogP contribution in [0.3, 0.4) is 0 Å². The first-order chi connectivity index (χ1) is 13.9. The van der Waals surface area contributed by atoms with Gasteiger partial charge in [0.05, 0.1) is 4.88 Å². The van der Waals surface area contributed by atoms with E-state index in [1.165, 1.54) is 22.1 Å². The number of hydrogen-bond donors (Lipinski definition) is 2. The smallest absolute Gasteiger partial charge is 0.256 e. The van der Waals surface area contributed by atoms with Gasteiger partial charge < -0.3 is 5.32 Å². The van der Waals surface area contributed by atoms with Crippen molar-refractivity contribution in [2.24, 2.45) is 0 Å². The van der Waals surface area contributed by atoms with Crippen molar-refractivity contribution in [3.05, 3.63) is 80.6 Å². The maximum Gasteiger partial charge on any atom is 0.256 e. The fraction of sp³-hybridized carbons (Fsp3) is 0.143. The minimum Gasteiger partial charge on any atom is -0.306 e. The summed E-state index contributed by atoms with van der Waals surface area (Å²) in [7, 11) is 0. The topological polar surface area (TPSA) is 92.7 Å². The third kappa shape index (κ3) is 4.02. The summed E-state index contributed by atoms with van der Waals surface area (Å²) in [5.41, 5.74) is 3.52.